The number of hydrogen-bond donors (Lipinski definition) is 1. The first-order valence-electron chi connectivity index (χ1n) is 5.03. The molecule has 1 aromatic carbocycles. The highest BCUT2D eigenvalue weighted by Gasteiger charge is 2.31. The van der Waals surface area contributed by atoms with Crippen LogP contribution in [0, 0.1) is 0 Å². The predicted octanol–water partition coefficient (Wildman–Crippen LogP) is 3.39. The van der Waals surface area contributed by atoms with Gasteiger partial charge in [0.05, 0.1) is 0 Å². The molecule has 0 unspecified atom stereocenters. The maximum atomic E-state index is 12.0. The Bertz CT molecular complexity index is 338. The van der Waals surface area contributed by atoms with Gasteiger partial charge in [-0.2, -0.15) is 0 Å². The molecule has 0 fully saturated rings. The van der Waals surface area contributed by atoms with Gasteiger partial charge in [-0.3, -0.25) is 0 Å². The standard InChI is InChI=1S/C11H14F3NO/c1-2-4-10(15)8-5-3-6-9(7-8)16-11(12,13)14/h3,5-7,10H,2,4,15H2,1H3/t10-/m0/s1. The molecule has 90 valence electrons. The monoisotopic (exact) mass is 233 g/mol. The second-order valence-electron chi connectivity index (χ2n) is 3.52. The van der Waals surface area contributed by atoms with E-state index >= 15 is 0 Å². The first kappa shape index (κ1) is 12.8. The molecule has 0 amide bonds. The van der Waals surface area contributed by atoms with Crippen LogP contribution in [-0.2, 0) is 0 Å². The molecule has 0 aliphatic rings. The van der Waals surface area contributed by atoms with Crippen molar-refractivity contribution in [1.29, 1.82) is 0 Å². The second kappa shape index (κ2) is 5.21. The highest BCUT2D eigenvalue weighted by Crippen LogP contribution is 2.26. The molecule has 0 aliphatic carbocycles. The fraction of sp³-hybridized carbons (Fsp3) is 0.455. The topological polar surface area (TPSA) is 35.2 Å². The van der Waals surface area contributed by atoms with E-state index in [2.05, 4.69) is 4.74 Å². The molecule has 5 heteroatoms. The number of rotatable bonds is 4. The van der Waals surface area contributed by atoms with Gasteiger partial charge in [0.25, 0.3) is 0 Å². The lowest BCUT2D eigenvalue weighted by molar-refractivity contribution is -0.274. The number of hydrogen-bond acceptors (Lipinski definition) is 2. The highest BCUT2D eigenvalue weighted by atomic mass is 19.4. The van der Waals surface area contributed by atoms with Crippen molar-refractivity contribution in [3.05, 3.63) is 29.8 Å². The summed E-state index contributed by atoms with van der Waals surface area (Å²) in [6, 6.07) is 5.54. The summed E-state index contributed by atoms with van der Waals surface area (Å²) in [5.41, 5.74) is 6.46. The van der Waals surface area contributed by atoms with E-state index in [-0.39, 0.29) is 11.8 Å². The van der Waals surface area contributed by atoms with Crippen LogP contribution in [0.25, 0.3) is 0 Å². The lowest BCUT2D eigenvalue weighted by atomic mass is 10.0. The Balaban J connectivity index is 2.78. The Morgan fingerprint density at radius 3 is 2.62 bits per heavy atom. The van der Waals surface area contributed by atoms with Crippen molar-refractivity contribution in [2.45, 2.75) is 32.2 Å². The van der Waals surface area contributed by atoms with Gasteiger partial charge in [0.2, 0.25) is 0 Å². The first-order valence-corrected chi connectivity index (χ1v) is 5.03. The van der Waals surface area contributed by atoms with Crippen molar-refractivity contribution in [3.8, 4) is 5.75 Å². The third-order valence-corrected chi connectivity index (χ3v) is 2.12. The van der Waals surface area contributed by atoms with Gasteiger partial charge in [-0.15, -0.1) is 13.2 Å². The van der Waals surface area contributed by atoms with E-state index in [4.69, 9.17) is 5.73 Å². The van der Waals surface area contributed by atoms with Crippen molar-refractivity contribution in [2.75, 3.05) is 0 Å². The molecule has 1 atom stereocenters. The van der Waals surface area contributed by atoms with E-state index in [9.17, 15) is 13.2 Å². The van der Waals surface area contributed by atoms with Gasteiger partial charge in [0.15, 0.2) is 0 Å². The molecule has 0 spiro atoms. The summed E-state index contributed by atoms with van der Waals surface area (Å²) >= 11 is 0. The molecule has 1 rings (SSSR count). The third kappa shape index (κ3) is 4.10. The van der Waals surface area contributed by atoms with Crippen LogP contribution in [0.3, 0.4) is 0 Å². The molecule has 0 bridgehead atoms. The van der Waals surface area contributed by atoms with Gasteiger partial charge in [0.1, 0.15) is 5.75 Å². The summed E-state index contributed by atoms with van der Waals surface area (Å²) in [4.78, 5) is 0. The highest BCUT2D eigenvalue weighted by molar-refractivity contribution is 5.30. The summed E-state index contributed by atoms with van der Waals surface area (Å²) in [5, 5.41) is 0. The zero-order chi connectivity index (χ0) is 12.2. The minimum atomic E-state index is -4.66. The molecule has 0 aromatic heterocycles. The van der Waals surface area contributed by atoms with E-state index < -0.39 is 6.36 Å². The van der Waals surface area contributed by atoms with Crippen LogP contribution in [0.5, 0.6) is 5.75 Å². The maximum absolute atomic E-state index is 12.0. The summed E-state index contributed by atoms with van der Waals surface area (Å²) < 4.78 is 39.7. The minimum Gasteiger partial charge on any atom is -0.406 e. The molecule has 2 nitrogen and oxygen atoms in total. The molecule has 2 N–H and O–H groups in total. The molecular weight excluding hydrogens is 219 g/mol. The first-order chi connectivity index (χ1) is 7.42. The van der Waals surface area contributed by atoms with Crippen molar-refractivity contribution >= 4 is 0 Å². The van der Waals surface area contributed by atoms with E-state index in [0.717, 1.165) is 12.8 Å². The number of benzene rings is 1. The Morgan fingerprint density at radius 1 is 1.38 bits per heavy atom. The van der Waals surface area contributed by atoms with E-state index in [1.807, 2.05) is 6.92 Å². The van der Waals surface area contributed by atoms with Gasteiger partial charge in [-0.05, 0) is 24.1 Å². The van der Waals surface area contributed by atoms with E-state index in [1.165, 1.54) is 18.2 Å². The van der Waals surface area contributed by atoms with Crippen LogP contribution in [0.1, 0.15) is 31.4 Å². The molecule has 0 radical (unpaired) electrons. The number of ether oxygens (including phenoxy) is 1. The lowest BCUT2D eigenvalue weighted by Crippen LogP contribution is -2.17. The van der Waals surface area contributed by atoms with Crippen molar-refractivity contribution in [2.24, 2.45) is 5.73 Å². The van der Waals surface area contributed by atoms with Crippen LogP contribution >= 0.6 is 0 Å². The average molecular weight is 233 g/mol. The number of halogens is 3. The maximum Gasteiger partial charge on any atom is 0.573 e. The third-order valence-electron chi connectivity index (χ3n) is 2.12. The van der Waals surface area contributed by atoms with Gasteiger partial charge in [-0.1, -0.05) is 25.5 Å². The van der Waals surface area contributed by atoms with Crippen LogP contribution < -0.4 is 10.5 Å². The zero-order valence-corrected chi connectivity index (χ0v) is 8.92. The van der Waals surface area contributed by atoms with E-state index in [1.54, 1.807) is 6.07 Å². The van der Waals surface area contributed by atoms with E-state index in [0.29, 0.717) is 5.56 Å². The SMILES string of the molecule is CCC[C@H](N)c1cccc(OC(F)(F)F)c1. The summed E-state index contributed by atoms with van der Waals surface area (Å²) in [6.07, 6.45) is -3.05. The molecule has 0 saturated carbocycles. The van der Waals surface area contributed by atoms with Crippen LogP contribution in [0.2, 0.25) is 0 Å². The Morgan fingerprint density at radius 2 is 2.06 bits per heavy atom. The molecular formula is C11H14F3NO. The smallest absolute Gasteiger partial charge is 0.406 e. The Labute approximate surface area is 92.2 Å². The van der Waals surface area contributed by atoms with Gasteiger partial charge >= 0.3 is 6.36 Å². The molecule has 1 aromatic rings. The predicted molar refractivity (Wildman–Crippen MR) is 55.0 cm³/mol. The number of alkyl halides is 3. The van der Waals surface area contributed by atoms with Crippen molar-refractivity contribution in [3.63, 3.8) is 0 Å². The van der Waals surface area contributed by atoms with Gasteiger partial charge in [0, 0.05) is 6.04 Å². The van der Waals surface area contributed by atoms with Crippen molar-refractivity contribution in [1.82, 2.24) is 0 Å². The summed E-state index contributed by atoms with van der Waals surface area (Å²) in [7, 11) is 0. The molecule has 0 saturated heterocycles. The molecule has 0 aliphatic heterocycles. The zero-order valence-electron chi connectivity index (χ0n) is 8.92. The van der Waals surface area contributed by atoms with Gasteiger partial charge < -0.3 is 10.5 Å². The Hall–Kier alpha value is -1.23. The second-order valence-corrected chi connectivity index (χ2v) is 3.52. The average Bonchev–Trinajstić information content (AvgIpc) is 2.16. The largest absolute Gasteiger partial charge is 0.573 e. The van der Waals surface area contributed by atoms with Crippen LogP contribution in [0.4, 0.5) is 13.2 Å². The number of nitrogens with two attached hydrogens (primary N) is 1. The summed E-state index contributed by atoms with van der Waals surface area (Å²) in [6.45, 7) is 1.97. The fourth-order valence-electron chi connectivity index (χ4n) is 1.42. The minimum absolute atomic E-state index is 0.225. The lowest BCUT2D eigenvalue weighted by Gasteiger charge is -2.13. The molecule has 0 heterocycles. The summed E-state index contributed by atoms with van der Waals surface area (Å²) in [5.74, 6) is -0.225. The van der Waals surface area contributed by atoms with Crippen LogP contribution in [0.15, 0.2) is 24.3 Å². The van der Waals surface area contributed by atoms with Crippen molar-refractivity contribution < 1.29 is 17.9 Å². The van der Waals surface area contributed by atoms with Gasteiger partial charge in [-0.25, -0.2) is 0 Å². The quantitative estimate of drug-likeness (QED) is 0.865. The van der Waals surface area contributed by atoms with Crippen LogP contribution in [-0.4, -0.2) is 6.36 Å². The fourth-order valence-corrected chi connectivity index (χ4v) is 1.42. The Kier molecular flexibility index (Phi) is 4.18. The normalized spacial score (nSPS) is 13.6. The molecule has 16 heavy (non-hydrogen) atoms.